The smallest absolute Gasteiger partial charge is 0.0766 e. The highest BCUT2D eigenvalue weighted by Gasteiger charge is 2.20. The summed E-state index contributed by atoms with van der Waals surface area (Å²) in [5.41, 5.74) is 6.22. The number of halogens is 3. The van der Waals surface area contributed by atoms with Crippen LogP contribution in [0, 0.1) is 0 Å². The van der Waals surface area contributed by atoms with E-state index < -0.39 is 0 Å². The summed E-state index contributed by atoms with van der Waals surface area (Å²) < 4.78 is 5.04. The highest BCUT2D eigenvalue weighted by molar-refractivity contribution is 9.11. The first kappa shape index (κ1) is 17.1. The summed E-state index contributed by atoms with van der Waals surface area (Å²) in [6.07, 6.45) is 1.65. The van der Waals surface area contributed by atoms with E-state index in [9.17, 15) is 0 Å². The van der Waals surface area contributed by atoms with E-state index in [-0.39, 0.29) is 6.04 Å². The van der Waals surface area contributed by atoms with Crippen LogP contribution in [0.5, 0.6) is 0 Å². The molecule has 2 aromatic rings. The number of rotatable bonds is 5. The van der Waals surface area contributed by atoms with Gasteiger partial charge >= 0.3 is 0 Å². The molecule has 0 aliphatic carbocycles. The average molecular weight is 481 g/mol. The Bertz CT molecular complexity index is 639. The van der Waals surface area contributed by atoms with Crippen molar-refractivity contribution in [3.63, 3.8) is 0 Å². The molecule has 0 bridgehead atoms. The Labute approximate surface area is 149 Å². The Kier molecular flexibility index (Phi) is 6.02. The fourth-order valence-corrected chi connectivity index (χ4v) is 4.38. The topological polar surface area (TPSA) is 55.9 Å². The number of nitrogens with one attached hydrogen (secondary N) is 1. The molecule has 114 valence electrons. The normalized spacial score (nSPS) is 12.7. The van der Waals surface area contributed by atoms with Crippen LogP contribution >= 0.6 is 47.8 Å². The molecule has 1 aromatic carbocycles. The minimum Gasteiger partial charge on any atom is -0.271 e. The summed E-state index contributed by atoms with van der Waals surface area (Å²) in [5.74, 6) is 5.77. The van der Waals surface area contributed by atoms with Gasteiger partial charge in [-0.2, -0.15) is 5.10 Å². The predicted octanol–water partition coefficient (Wildman–Crippen LogP) is 4.02. The van der Waals surface area contributed by atoms with Gasteiger partial charge in [0.15, 0.2) is 0 Å². The summed E-state index contributed by atoms with van der Waals surface area (Å²) in [6.45, 7) is 2.10. The molecule has 3 N–H and O–H groups in total. The van der Waals surface area contributed by atoms with Crippen molar-refractivity contribution >= 4 is 47.8 Å². The Morgan fingerprint density at radius 3 is 2.57 bits per heavy atom. The molecule has 4 nitrogen and oxygen atoms in total. The van der Waals surface area contributed by atoms with Crippen molar-refractivity contribution in [2.45, 2.75) is 25.8 Å². The van der Waals surface area contributed by atoms with Gasteiger partial charge in [0.25, 0.3) is 0 Å². The molecule has 0 spiro atoms. The zero-order chi connectivity index (χ0) is 15.6. The Morgan fingerprint density at radius 2 is 2.05 bits per heavy atom. The van der Waals surface area contributed by atoms with Crippen LogP contribution in [-0.4, -0.2) is 9.78 Å². The van der Waals surface area contributed by atoms with Gasteiger partial charge in [-0.3, -0.25) is 16.0 Å². The first-order valence-electron chi connectivity index (χ1n) is 6.59. The molecule has 1 heterocycles. The fraction of sp³-hybridized carbons (Fsp3) is 0.357. The van der Waals surface area contributed by atoms with Gasteiger partial charge in [0.05, 0.1) is 21.9 Å². The van der Waals surface area contributed by atoms with Gasteiger partial charge in [-0.1, -0.05) is 44.8 Å². The second-order valence-electron chi connectivity index (χ2n) is 4.77. The molecule has 0 fully saturated rings. The monoisotopic (exact) mass is 478 g/mol. The van der Waals surface area contributed by atoms with Gasteiger partial charge in [0, 0.05) is 22.4 Å². The van der Waals surface area contributed by atoms with Crippen LogP contribution in [-0.2, 0) is 19.9 Å². The zero-order valence-corrected chi connectivity index (χ0v) is 16.6. The highest BCUT2D eigenvalue weighted by Crippen LogP contribution is 2.31. The van der Waals surface area contributed by atoms with Crippen LogP contribution in [0.25, 0.3) is 0 Å². The minimum atomic E-state index is 0.00359. The lowest BCUT2D eigenvalue weighted by atomic mass is 10.0. The van der Waals surface area contributed by atoms with Crippen LogP contribution in [0.4, 0.5) is 0 Å². The van der Waals surface area contributed by atoms with Gasteiger partial charge in [-0.25, -0.2) is 0 Å². The molecule has 0 amide bonds. The molecule has 0 aliphatic rings. The van der Waals surface area contributed by atoms with Gasteiger partial charge in [0.2, 0.25) is 0 Å². The standard InChI is InChI=1S/C14H17Br3N4/c1-3-11-14(17)13(21(2)20-11)7-12(19-18)9-5-4-8(15)6-10(9)16/h4-6,12,19H,3,7,18H2,1-2H3. The third-order valence-corrected chi connectivity index (χ3v) is 5.53. The van der Waals surface area contributed by atoms with Crippen molar-refractivity contribution < 1.29 is 0 Å². The van der Waals surface area contributed by atoms with E-state index in [1.54, 1.807) is 0 Å². The predicted molar refractivity (Wildman–Crippen MR) is 95.9 cm³/mol. The number of hydrogen-bond donors (Lipinski definition) is 2. The van der Waals surface area contributed by atoms with E-state index in [1.807, 2.05) is 23.9 Å². The first-order valence-corrected chi connectivity index (χ1v) is 8.97. The van der Waals surface area contributed by atoms with E-state index in [0.717, 1.165) is 43.2 Å². The summed E-state index contributed by atoms with van der Waals surface area (Å²) in [4.78, 5) is 0. The summed E-state index contributed by atoms with van der Waals surface area (Å²) in [5, 5.41) is 4.53. The quantitative estimate of drug-likeness (QED) is 0.502. The maximum absolute atomic E-state index is 5.77. The number of aromatic nitrogens is 2. The van der Waals surface area contributed by atoms with Crippen molar-refractivity contribution in [3.05, 3.63) is 48.6 Å². The van der Waals surface area contributed by atoms with Crippen LogP contribution < -0.4 is 11.3 Å². The summed E-state index contributed by atoms with van der Waals surface area (Å²) in [7, 11) is 1.96. The molecular weight excluding hydrogens is 464 g/mol. The second kappa shape index (κ2) is 7.37. The number of hydrazine groups is 1. The number of nitrogens with two attached hydrogens (primary N) is 1. The van der Waals surface area contributed by atoms with E-state index in [2.05, 4.69) is 71.3 Å². The van der Waals surface area contributed by atoms with Crippen molar-refractivity contribution in [2.75, 3.05) is 0 Å². The first-order chi connectivity index (χ1) is 9.97. The molecule has 1 aromatic heterocycles. The van der Waals surface area contributed by atoms with Crippen molar-refractivity contribution in [3.8, 4) is 0 Å². The van der Waals surface area contributed by atoms with E-state index in [1.165, 1.54) is 0 Å². The summed E-state index contributed by atoms with van der Waals surface area (Å²) in [6, 6.07) is 6.10. The average Bonchev–Trinajstić information content (AvgIpc) is 2.72. The van der Waals surface area contributed by atoms with E-state index >= 15 is 0 Å². The van der Waals surface area contributed by atoms with Gasteiger partial charge < -0.3 is 0 Å². The maximum Gasteiger partial charge on any atom is 0.0766 e. The van der Waals surface area contributed by atoms with Gasteiger partial charge in [0.1, 0.15) is 0 Å². The Hall–Kier alpha value is -0.210. The zero-order valence-electron chi connectivity index (χ0n) is 11.8. The highest BCUT2D eigenvalue weighted by atomic mass is 79.9. The molecule has 2 rings (SSSR count). The number of hydrogen-bond acceptors (Lipinski definition) is 3. The van der Waals surface area contributed by atoms with Gasteiger partial charge in [-0.05, 0) is 40.0 Å². The SMILES string of the molecule is CCc1nn(C)c(CC(NN)c2ccc(Br)cc2Br)c1Br. The molecule has 1 unspecified atom stereocenters. The molecule has 1 atom stereocenters. The Morgan fingerprint density at radius 1 is 1.33 bits per heavy atom. The molecule has 0 saturated carbocycles. The third-order valence-electron chi connectivity index (χ3n) is 3.44. The van der Waals surface area contributed by atoms with E-state index in [4.69, 9.17) is 5.84 Å². The number of aryl methyl sites for hydroxylation is 2. The third kappa shape index (κ3) is 3.76. The van der Waals surface area contributed by atoms with Gasteiger partial charge in [-0.15, -0.1) is 0 Å². The summed E-state index contributed by atoms with van der Waals surface area (Å²) >= 11 is 10.7. The van der Waals surface area contributed by atoms with Crippen LogP contribution in [0.2, 0.25) is 0 Å². The molecule has 7 heteroatoms. The molecule has 0 saturated heterocycles. The molecule has 0 aliphatic heterocycles. The van der Waals surface area contributed by atoms with Crippen molar-refractivity contribution in [2.24, 2.45) is 12.9 Å². The Balaban J connectivity index is 2.33. The molecule has 21 heavy (non-hydrogen) atoms. The number of benzene rings is 1. The fourth-order valence-electron chi connectivity index (χ4n) is 2.28. The van der Waals surface area contributed by atoms with Crippen molar-refractivity contribution in [1.29, 1.82) is 0 Å². The lowest BCUT2D eigenvalue weighted by molar-refractivity contribution is 0.527. The van der Waals surface area contributed by atoms with Crippen molar-refractivity contribution in [1.82, 2.24) is 15.2 Å². The lowest BCUT2D eigenvalue weighted by Crippen LogP contribution is -2.30. The largest absolute Gasteiger partial charge is 0.271 e. The minimum absolute atomic E-state index is 0.00359. The van der Waals surface area contributed by atoms with Crippen LogP contribution in [0.15, 0.2) is 31.6 Å². The van der Waals surface area contributed by atoms with E-state index in [0.29, 0.717) is 0 Å². The lowest BCUT2D eigenvalue weighted by Gasteiger charge is -2.18. The molecule has 0 radical (unpaired) electrons. The van der Waals surface area contributed by atoms with Crippen LogP contribution in [0.3, 0.4) is 0 Å². The second-order valence-corrected chi connectivity index (χ2v) is 7.34. The molecular formula is C14H17Br3N4. The maximum atomic E-state index is 5.77. The van der Waals surface area contributed by atoms with Crippen LogP contribution in [0.1, 0.15) is 29.9 Å². The number of nitrogens with zero attached hydrogens (tertiary/aromatic N) is 2.